The molecular formula is C25H35F4N9O3. The van der Waals surface area contributed by atoms with Gasteiger partial charge in [-0.3, -0.25) is 10.1 Å². The summed E-state index contributed by atoms with van der Waals surface area (Å²) in [5.74, 6) is -6.41. The summed E-state index contributed by atoms with van der Waals surface area (Å²) < 4.78 is 61.3. The highest BCUT2D eigenvalue weighted by molar-refractivity contribution is 5.96. The number of amides is 1. The van der Waals surface area contributed by atoms with E-state index in [0.29, 0.717) is 37.3 Å². The van der Waals surface area contributed by atoms with Gasteiger partial charge in [-0.2, -0.15) is 0 Å². The molecule has 226 valence electrons. The number of hydrogen-bond acceptors (Lipinski definition) is 10. The van der Waals surface area contributed by atoms with Crippen molar-refractivity contribution in [1.29, 1.82) is 0 Å². The van der Waals surface area contributed by atoms with Gasteiger partial charge in [-0.25, -0.2) is 36.8 Å². The molecule has 12 nitrogen and oxygen atoms in total. The Morgan fingerprint density at radius 3 is 2.59 bits per heavy atom. The quantitative estimate of drug-likeness (QED) is 0.221. The number of nitrogens with one attached hydrogen (secondary N) is 4. The zero-order chi connectivity index (χ0) is 29.4. The van der Waals surface area contributed by atoms with Crippen LogP contribution in [0.4, 0.5) is 23.5 Å². The van der Waals surface area contributed by atoms with Gasteiger partial charge in [0, 0.05) is 19.8 Å². The summed E-state index contributed by atoms with van der Waals surface area (Å²) in [6.45, 7) is 3.01. The molecule has 2 atom stereocenters. The van der Waals surface area contributed by atoms with Gasteiger partial charge in [-0.05, 0) is 56.8 Å². The molecule has 5 rings (SSSR count). The molecule has 5 N–H and O–H groups in total. The van der Waals surface area contributed by atoms with Gasteiger partial charge in [0.2, 0.25) is 11.9 Å². The molecule has 0 aromatic carbocycles. The lowest BCUT2D eigenvalue weighted by Crippen LogP contribution is -2.58. The number of fused-ring (bicyclic) bond motifs is 1. The van der Waals surface area contributed by atoms with E-state index >= 15 is 0 Å². The molecule has 1 aliphatic carbocycles. The Morgan fingerprint density at radius 1 is 1.24 bits per heavy atom. The average Bonchev–Trinajstić information content (AvgIpc) is 3.56. The third kappa shape index (κ3) is 6.38. The van der Waals surface area contributed by atoms with E-state index in [4.69, 9.17) is 4.99 Å². The smallest absolute Gasteiger partial charge is 0.276 e. The number of carbonyl (C=O) groups excluding carboxylic acids is 1. The van der Waals surface area contributed by atoms with Crippen LogP contribution in [0, 0.1) is 18.3 Å². The molecule has 1 unspecified atom stereocenters. The van der Waals surface area contributed by atoms with Crippen LogP contribution in [0.1, 0.15) is 73.4 Å². The molecule has 0 radical (unpaired) electrons. The van der Waals surface area contributed by atoms with E-state index in [1.165, 1.54) is 0 Å². The van der Waals surface area contributed by atoms with Crippen LogP contribution in [0.15, 0.2) is 15.8 Å². The first-order valence-electron chi connectivity index (χ1n) is 13.8. The highest BCUT2D eigenvalue weighted by Crippen LogP contribution is 2.42. The molecule has 3 aliphatic rings. The predicted molar refractivity (Wildman–Crippen MR) is 139 cm³/mol. The number of aromatic nitrogens is 4. The van der Waals surface area contributed by atoms with Crippen LogP contribution in [-0.2, 0) is 0 Å². The summed E-state index contributed by atoms with van der Waals surface area (Å²) >= 11 is 0. The lowest BCUT2D eigenvalue weighted by Gasteiger charge is -2.43. The van der Waals surface area contributed by atoms with Gasteiger partial charge < -0.3 is 21.2 Å². The summed E-state index contributed by atoms with van der Waals surface area (Å²) in [7, 11) is 0. The summed E-state index contributed by atoms with van der Waals surface area (Å²) in [4.78, 5) is 22.4. The second-order valence-electron chi connectivity index (χ2n) is 11.3. The van der Waals surface area contributed by atoms with E-state index in [-0.39, 0.29) is 55.5 Å². The topological polar surface area (TPSA) is 155 Å². The third-order valence-electron chi connectivity index (χ3n) is 8.26. The van der Waals surface area contributed by atoms with Gasteiger partial charge in [0.05, 0.1) is 42.1 Å². The number of carbonyl (C=O) groups is 1. The van der Waals surface area contributed by atoms with E-state index in [0.717, 1.165) is 6.92 Å². The van der Waals surface area contributed by atoms with Gasteiger partial charge in [-0.1, -0.05) is 5.16 Å². The van der Waals surface area contributed by atoms with Crippen LogP contribution in [0.2, 0.25) is 0 Å². The lowest BCUT2D eigenvalue weighted by molar-refractivity contribution is -0.0495. The third-order valence-corrected chi connectivity index (χ3v) is 8.26. The van der Waals surface area contributed by atoms with E-state index in [9.17, 15) is 27.5 Å². The standard InChI is InChI=1S/C25H35F4N9O3/c1-14-18(37-41-36-14)20(39)35-19(15-3-5-25(28,29)6-4-15)16-12-38-22(33-16)34-17(11-32-38)24(7-9-30-10-8-24)21(40)31-13-23(2,26)27/h12,15,19,21,30-32,40H,3-11,13H2,1-2H3,(H,35,39)/t19-,21?/m0/s1. The first kappa shape index (κ1) is 29.4. The van der Waals surface area contributed by atoms with Crippen LogP contribution >= 0.6 is 0 Å². The molecule has 1 saturated carbocycles. The molecule has 2 aromatic heterocycles. The molecule has 2 fully saturated rings. The lowest BCUT2D eigenvalue weighted by atomic mass is 9.72. The Balaban J connectivity index is 1.43. The van der Waals surface area contributed by atoms with E-state index < -0.39 is 42.0 Å². The van der Waals surface area contributed by atoms with E-state index in [2.05, 4.69) is 41.3 Å². The zero-order valence-electron chi connectivity index (χ0n) is 22.9. The minimum absolute atomic E-state index is 0.00876. The van der Waals surface area contributed by atoms with Crippen molar-refractivity contribution in [2.24, 2.45) is 16.3 Å². The van der Waals surface area contributed by atoms with Crippen molar-refractivity contribution in [2.75, 3.05) is 31.6 Å². The van der Waals surface area contributed by atoms with Crippen molar-refractivity contribution >= 4 is 17.6 Å². The second kappa shape index (κ2) is 11.3. The van der Waals surface area contributed by atoms with Crippen molar-refractivity contribution in [3.63, 3.8) is 0 Å². The van der Waals surface area contributed by atoms with Crippen LogP contribution in [-0.4, -0.2) is 81.0 Å². The molecule has 0 spiro atoms. The maximum Gasteiger partial charge on any atom is 0.276 e. The Bertz CT molecular complexity index is 1260. The first-order chi connectivity index (χ1) is 19.4. The number of rotatable bonds is 9. The Kier molecular flexibility index (Phi) is 8.09. The van der Waals surface area contributed by atoms with E-state index in [1.807, 2.05) is 0 Å². The average molecular weight is 586 g/mol. The molecule has 2 aliphatic heterocycles. The zero-order valence-corrected chi connectivity index (χ0v) is 22.9. The molecule has 2 aromatic rings. The number of aryl methyl sites for hydroxylation is 1. The van der Waals surface area contributed by atoms with Gasteiger partial charge >= 0.3 is 0 Å². The fourth-order valence-corrected chi connectivity index (χ4v) is 5.88. The van der Waals surface area contributed by atoms with Crippen LogP contribution < -0.4 is 21.4 Å². The van der Waals surface area contributed by atoms with Crippen molar-refractivity contribution in [3.05, 3.63) is 23.3 Å². The number of alkyl halides is 4. The number of halogens is 4. The fourth-order valence-electron chi connectivity index (χ4n) is 5.88. The van der Waals surface area contributed by atoms with Crippen molar-refractivity contribution in [3.8, 4) is 0 Å². The monoisotopic (exact) mass is 585 g/mol. The minimum atomic E-state index is -3.00. The normalized spacial score (nSPS) is 22.3. The molecule has 16 heteroatoms. The number of hydrogen-bond donors (Lipinski definition) is 5. The summed E-state index contributed by atoms with van der Waals surface area (Å²) in [6, 6.07) is -0.722. The molecule has 41 heavy (non-hydrogen) atoms. The maximum absolute atomic E-state index is 14.0. The van der Waals surface area contributed by atoms with Gasteiger partial charge in [0.15, 0.2) is 5.69 Å². The maximum atomic E-state index is 14.0. The van der Waals surface area contributed by atoms with Gasteiger partial charge in [0.25, 0.3) is 11.8 Å². The molecule has 0 bridgehead atoms. The fraction of sp³-hybridized carbons (Fsp3) is 0.720. The second-order valence-corrected chi connectivity index (χ2v) is 11.3. The molecule has 1 amide bonds. The molecule has 1 saturated heterocycles. The van der Waals surface area contributed by atoms with Crippen LogP contribution in [0.3, 0.4) is 0 Å². The van der Waals surface area contributed by atoms with Gasteiger partial charge in [-0.15, -0.1) is 0 Å². The van der Waals surface area contributed by atoms with Crippen molar-refractivity contribution < 1.29 is 32.1 Å². The highest BCUT2D eigenvalue weighted by atomic mass is 19.3. The summed E-state index contributed by atoms with van der Waals surface area (Å²) in [6.07, 6.45) is 1.05. The number of imidazole rings is 1. The van der Waals surface area contributed by atoms with E-state index in [1.54, 1.807) is 17.8 Å². The largest absolute Gasteiger partial charge is 0.378 e. The minimum Gasteiger partial charge on any atom is -0.378 e. The number of aliphatic hydroxyl groups is 1. The van der Waals surface area contributed by atoms with Crippen molar-refractivity contribution in [2.45, 2.75) is 76.5 Å². The molecule has 4 heterocycles. The first-order valence-corrected chi connectivity index (χ1v) is 13.8. The summed E-state index contributed by atoms with van der Waals surface area (Å²) in [5.41, 5.74) is 3.53. The summed E-state index contributed by atoms with van der Waals surface area (Å²) in [5, 5.41) is 27.1. The SMILES string of the molecule is Cc1nonc1C(=O)N[C@H](c1cn2c(n1)N=C(C1(C(O)NCC(C)(F)F)CCNCC1)CN2)C1CCC(F)(F)CC1. The van der Waals surface area contributed by atoms with Gasteiger partial charge in [0.1, 0.15) is 11.9 Å². The predicted octanol–water partition coefficient (Wildman–Crippen LogP) is 2.43. The number of nitrogens with zero attached hydrogens (tertiary/aromatic N) is 5. The van der Waals surface area contributed by atoms with Crippen LogP contribution in [0.25, 0.3) is 0 Å². The Hall–Kier alpha value is -3.11. The highest BCUT2D eigenvalue weighted by Gasteiger charge is 2.46. The van der Waals surface area contributed by atoms with Crippen LogP contribution in [0.5, 0.6) is 0 Å². The molecular weight excluding hydrogens is 550 g/mol. The Morgan fingerprint density at radius 2 is 1.95 bits per heavy atom. The number of aliphatic hydroxyl groups excluding tert-OH is 1. The Labute approximate surface area is 233 Å². The number of piperidine rings is 1. The number of aliphatic imine (C=N–C) groups is 1. The van der Waals surface area contributed by atoms with Crippen molar-refractivity contribution in [1.82, 2.24) is 35.9 Å².